The molecule has 0 radical (unpaired) electrons. The second-order valence-corrected chi connectivity index (χ2v) is 8.09. The zero-order valence-corrected chi connectivity index (χ0v) is 16.9. The SMILES string of the molecule is CCOc1ccc(C2=CC3CCC(C2)N3C(=O)N2CCCc3ccccc32)cn1. The summed E-state index contributed by atoms with van der Waals surface area (Å²) in [7, 11) is 0. The molecule has 5 heteroatoms. The summed E-state index contributed by atoms with van der Waals surface area (Å²) in [5.74, 6) is 0.663. The number of pyridine rings is 1. The van der Waals surface area contributed by atoms with Gasteiger partial charge in [0.2, 0.25) is 5.88 Å². The van der Waals surface area contributed by atoms with Crippen molar-refractivity contribution < 1.29 is 9.53 Å². The van der Waals surface area contributed by atoms with E-state index in [0.717, 1.165) is 49.9 Å². The molecule has 2 aromatic rings. The first kappa shape index (κ1) is 18.2. The second kappa shape index (κ2) is 7.54. The third-order valence-corrected chi connectivity index (χ3v) is 6.36. The van der Waals surface area contributed by atoms with Crippen LogP contribution in [0.1, 0.15) is 43.7 Å². The van der Waals surface area contributed by atoms with Crippen LogP contribution in [0.15, 0.2) is 48.7 Å². The molecule has 1 aromatic heterocycles. The number of aromatic nitrogens is 1. The topological polar surface area (TPSA) is 45.7 Å². The van der Waals surface area contributed by atoms with Gasteiger partial charge < -0.3 is 9.64 Å². The second-order valence-electron chi connectivity index (χ2n) is 8.09. The Morgan fingerprint density at radius 1 is 1.21 bits per heavy atom. The Bertz CT molecular complexity index is 937. The van der Waals surface area contributed by atoms with Gasteiger partial charge in [0, 0.05) is 30.5 Å². The van der Waals surface area contributed by atoms with Crippen molar-refractivity contribution in [3.05, 3.63) is 59.8 Å². The molecular weight excluding hydrogens is 362 g/mol. The van der Waals surface area contributed by atoms with Gasteiger partial charge in [-0.15, -0.1) is 0 Å². The van der Waals surface area contributed by atoms with E-state index in [9.17, 15) is 4.79 Å². The van der Waals surface area contributed by atoms with Crippen molar-refractivity contribution in [1.29, 1.82) is 0 Å². The van der Waals surface area contributed by atoms with Crippen molar-refractivity contribution in [3.8, 4) is 5.88 Å². The van der Waals surface area contributed by atoms with Crippen LogP contribution in [0.5, 0.6) is 5.88 Å². The van der Waals surface area contributed by atoms with Crippen LogP contribution in [-0.4, -0.2) is 41.2 Å². The lowest BCUT2D eigenvalue weighted by atomic mass is 9.95. The van der Waals surface area contributed by atoms with E-state index in [4.69, 9.17) is 4.74 Å². The highest BCUT2D eigenvalue weighted by Gasteiger charge is 2.42. The summed E-state index contributed by atoms with van der Waals surface area (Å²) in [5.41, 5.74) is 4.82. The van der Waals surface area contributed by atoms with Gasteiger partial charge in [0.1, 0.15) is 0 Å². The largest absolute Gasteiger partial charge is 0.478 e. The number of para-hydroxylation sites is 1. The van der Waals surface area contributed by atoms with Crippen LogP contribution in [0.25, 0.3) is 5.57 Å². The van der Waals surface area contributed by atoms with Crippen molar-refractivity contribution >= 4 is 17.3 Å². The lowest BCUT2D eigenvalue weighted by Crippen LogP contribution is -2.51. The lowest BCUT2D eigenvalue weighted by molar-refractivity contribution is 0.186. The molecule has 2 bridgehead atoms. The van der Waals surface area contributed by atoms with Crippen LogP contribution >= 0.6 is 0 Å². The van der Waals surface area contributed by atoms with Crippen LogP contribution < -0.4 is 9.64 Å². The van der Waals surface area contributed by atoms with E-state index in [1.54, 1.807) is 0 Å². The summed E-state index contributed by atoms with van der Waals surface area (Å²) in [4.78, 5) is 22.1. The molecule has 150 valence electrons. The smallest absolute Gasteiger partial charge is 0.325 e. The average molecular weight is 389 g/mol. The molecule has 0 saturated carbocycles. The van der Waals surface area contributed by atoms with Crippen molar-refractivity contribution in [2.75, 3.05) is 18.1 Å². The molecule has 1 aromatic carbocycles. The maximum absolute atomic E-state index is 13.5. The fraction of sp³-hybridized carbons (Fsp3) is 0.417. The van der Waals surface area contributed by atoms with Crippen LogP contribution in [-0.2, 0) is 6.42 Å². The number of carbonyl (C=O) groups is 1. The number of anilines is 1. The number of urea groups is 1. The van der Waals surface area contributed by atoms with Gasteiger partial charge in [-0.1, -0.05) is 24.3 Å². The summed E-state index contributed by atoms with van der Waals surface area (Å²) >= 11 is 0. The van der Waals surface area contributed by atoms with E-state index in [0.29, 0.717) is 12.5 Å². The fourth-order valence-corrected chi connectivity index (χ4v) is 5.02. The zero-order chi connectivity index (χ0) is 19.8. The molecule has 29 heavy (non-hydrogen) atoms. The Balaban J connectivity index is 1.38. The van der Waals surface area contributed by atoms with E-state index in [2.05, 4.69) is 40.2 Å². The average Bonchev–Trinajstić information content (AvgIpc) is 3.03. The Hall–Kier alpha value is -2.82. The standard InChI is InChI=1S/C24H27N3O2/c1-2-29-23-12-9-18(16-25-23)19-14-20-10-11-21(15-19)27(20)24(28)26-13-5-7-17-6-3-4-8-22(17)26/h3-4,6,8-9,12,14,16,20-21H,2,5,7,10-11,13,15H2,1H3. The normalized spacial score (nSPS) is 22.9. The zero-order valence-electron chi connectivity index (χ0n) is 16.9. The Labute approximate surface area is 172 Å². The van der Waals surface area contributed by atoms with Crippen molar-refractivity contribution in [3.63, 3.8) is 0 Å². The third-order valence-electron chi connectivity index (χ3n) is 6.36. The fourth-order valence-electron chi connectivity index (χ4n) is 5.02. The summed E-state index contributed by atoms with van der Waals surface area (Å²) in [5, 5.41) is 0. The molecule has 5 nitrogen and oxygen atoms in total. The molecule has 1 fully saturated rings. The number of hydrogen-bond acceptors (Lipinski definition) is 3. The van der Waals surface area contributed by atoms with Gasteiger partial charge >= 0.3 is 6.03 Å². The molecule has 0 spiro atoms. The third kappa shape index (κ3) is 3.28. The van der Waals surface area contributed by atoms with Crippen LogP contribution in [0, 0.1) is 0 Å². The first-order chi connectivity index (χ1) is 14.2. The van der Waals surface area contributed by atoms with Gasteiger partial charge in [-0.2, -0.15) is 0 Å². The van der Waals surface area contributed by atoms with Gasteiger partial charge in [-0.25, -0.2) is 9.78 Å². The number of carbonyl (C=O) groups excluding carboxylic acids is 1. The number of amides is 2. The lowest BCUT2D eigenvalue weighted by Gasteiger charge is -2.39. The number of hydrogen-bond donors (Lipinski definition) is 0. The summed E-state index contributed by atoms with van der Waals surface area (Å²) in [6.07, 6.45) is 9.28. The van der Waals surface area contributed by atoms with Crippen LogP contribution in [0.2, 0.25) is 0 Å². The molecule has 1 saturated heterocycles. The van der Waals surface area contributed by atoms with E-state index >= 15 is 0 Å². The predicted octanol–water partition coefficient (Wildman–Crippen LogP) is 4.67. The molecule has 2 atom stereocenters. The summed E-state index contributed by atoms with van der Waals surface area (Å²) in [6, 6.07) is 13.0. The highest BCUT2D eigenvalue weighted by Crippen LogP contribution is 2.40. The molecule has 5 rings (SSSR count). The van der Waals surface area contributed by atoms with E-state index in [1.807, 2.05) is 30.2 Å². The van der Waals surface area contributed by atoms with Gasteiger partial charge in [0.15, 0.2) is 0 Å². The molecule has 3 aliphatic rings. The van der Waals surface area contributed by atoms with E-state index in [1.165, 1.54) is 11.1 Å². The van der Waals surface area contributed by atoms with Gasteiger partial charge in [0.05, 0.1) is 12.6 Å². The van der Waals surface area contributed by atoms with Crippen molar-refractivity contribution in [2.24, 2.45) is 0 Å². The number of rotatable bonds is 3. The maximum Gasteiger partial charge on any atom is 0.325 e. The first-order valence-electron chi connectivity index (χ1n) is 10.7. The predicted molar refractivity (Wildman–Crippen MR) is 114 cm³/mol. The highest BCUT2D eigenvalue weighted by molar-refractivity contribution is 5.94. The van der Waals surface area contributed by atoms with Gasteiger partial charge in [-0.3, -0.25) is 4.90 Å². The quantitative estimate of drug-likeness (QED) is 0.766. The molecular formula is C24H27N3O2. The monoisotopic (exact) mass is 389 g/mol. The Morgan fingerprint density at radius 3 is 2.90 bits per heavy atom. The number of fused-ring (bicyclic) bond motifs is 3. The molecule has 3 aliphatic heterocycles. The van der Waals surface area contributed by atoms with Crippen LogP contribution in [0.3, 0.4) is 0 Å². The molecule has 2 amide bonds. The number of benzene rings is 1. The van der Waals surface area contributed by atoms with Crippen molar-refractivity contribution in [2.45, 2.75) is 51.1 Å². The van der Waals surface area contributed by atoms with E-state index < -0.39 is 0 Å². The molecule has 0 N–H and O–H groups in total. The van der Waals surface area contributed by atoms with Gasteiger partial charge in [0.25, 0.3) is 0 Å². The minimum absolute atomic E-state index is 0.171. The number of aryl methyl sites for hydroxylation is 1. The summed E-state index contributed by atoms with van der Waals surface area (Å²) in [6.45, 7) is 3.39. The highest BCUT2D eigenvalue weighted by atomic mass is 16.5. The number of ether oxygens (including phenoxy) is 1. The van der Waals surface area contributed by atoms with E-state index in [-0.39, 0.29) is 18.1 Å². The Morgan fingerprint density at radius 2 is 2.10 bits per heavy atom. The molecule has 2 unspecified atom stereocenters. The minimum atomic E-state index is 0.171. The summed E-state index contributed by atoms with van der Waals surface area (Å²) < 4.78 is 5.46. The first-order valence-corrected chi connectivity index (χ1v) is 10.7. The minimum Gasteiger partial charge on any atom is -0.478 e. The number of nitrogens with zero attached hydrogens (tertiary/aromatic N) is 3. The van der Waals surface area contributed by atoms with Crippen LogP contribution in [0.4, 0.5) is 10.5 Å². The van der Waals surface area contributed by atoms with Crippen molar-refractivity contribution in [1.82, 2.24) is 9.88 Å². The molecule has 0 aliphatic carbocycles. The maximum atomic E-state index is 13.5. The molecule has 4 heterocycles. The Kier molecular flexibility index (Phi) is 4.74. The van der Waals surface area contributed by atoms with Gasteiger partial charge in [-0.05, 0) is 67.9 Å².